The van der Waals surface area contributed by atoms with Crippen LogP contribution in [-0.4, -0.2) is 38.4 Å². The topological polar surface area (TPSA) is 57.1 Å². The van der Waals surface area contributed by atoms with Crippen molar-refractivity contribution >= 4 is 12.1 Å². The lowest BCUT2D eigenvalue weighted by atomic mass is 10.2. The van der Waals surface area contributed by atoms with Crippen LogP contribution in [0.1, 0.15) is 19.8 Å². The third-order valence-electron chi connectivity index (χ3n) is 1.86. The molecule has 0 amide bonds. The number of hydrogen-bond donors (Lipinski definition) is 0. The lowest BCUT2D eigenvalue weighted by Crippen LogP contribution is -2.10. The Morgan fingerprint density at radius 2 is 2.50 bits per heavy atom. The molecule has 14 heavy (non-hydrogen) atoms. The number of rotatable bonds is 4. The van der Waals surface area contributed by atoms with Gasteiger partial charge >= 0.3 is 12.1 Å². The van der Waals surface area contributed by atoms with Gasteiger partial charge in [-0.15, -0.1) is 0 Å². The van der Waals surface area contributed by atoms with Crippen LogP contribution in [0, 0.1) is 0 Å². The zero-order valence-electron chi connectivity index (χ0n) is 8.49. The van der Waals surface area contributed by atoms with Gasteiger partial charge in [0.05, 0.1) is 19.8 Å². The predicted molar refractivity (Wildman–Crippen MR) is 50.1 cm³/mol. The van der Waals surface area contributed by atoms with E-state index >= 15 is 0 Å². The van der Waals surface area contributed by atoms with Crippen LogP contribution in [0.3, 0.4) is 0 Å². The number of hydrogen-bond acceptors (Lipinski definition) is 5. The van der Waals surface area contributed by atoms with Crippen LogP contribution < -0.4 is 0 Å². The number of methoxy groups -OCH3 is 1. The summed E-state index contributed by atoms with van der Waals surface area (Å²) in [5, 5.41) is 0. The lowest BCUT2D eigenvalue weighted by Gasteiger charge is -2.02. The van der Waals surface area contributed by atoms with E-state index in [9.17, 15) is 4.79 Å². The molecule has 0 saturated heterocycles. The van der Waals surface area contributed by atoms with Gasteiger partial charge in [0.1, 0.15) is 6.61 Å². The van der Waals surface area contributed by atoms with E-state index in [0.29, 0.717) is 32.1 Å². The number of ether oxygens (including phenoxy) is 3. The van der Waals surface area contributed by atoms with Crippen LogP contribution in [0.25, 0.3) is 0 Å². The van der Waals surface area contributed by atoms with Gasteiger partial charge in [-0.2, -0.15) is 0 Å². The fraction of sp³-hybridized carbons (Fsp3) is 0.778. The summed E-state index contributed by atoms with van der Waals surface area (Å²) in [4.78, 5) is 15.0. The Labute approximate surface area is 83.1 Å². The van der Waals surface area contributed by atoms with Gasteiger partial charge in [0, 0.05) is 6.42 Å². The largest absolute Gasteiger partial charge is 0.469 e. The quantitative estimate of drug-likeness (QED) is 0.629. The molecule has 0 N–H and O–H groups in total. The maximum Gasteiger partial charge on any atom is 0.383 e. The zero-order valence-corrected chi connectivity index (χ0v) is 8.49. The molecule has 0 spiro atoms. The van der Waals surface area contributed by atoms with Crippen LogP contribution in [0.2, 0.25) is 0 Å². The number of esters is 1. The summed E-state index contributed by atoms with van der Waals surface area (Å²) < 4.78 is 14.8. The summed E-state index contributed by atoms with van der Waals surface area (Å²) in [5.74, 6) is -0.218. The van der Waals surface area contributed by atoms with Crippen molar-refractivity contribution in [2.75, 3.05) is 20.3 Å². The molecule has 5 heteroatoms. The van der Waals surface area contributed by atoms with Gasteiger partial charge in [-0.05, 0) is 13.3 Å². The highest BCUT2D eigenvalue weighted by Crippen LogP contribution is 2.11. The minimum absolute atomic E-state index is 0.0237. The molecule has 0 bridgehead atoms. The average Bonchev–Trinajstić information content (AvgIpc) is 2.63. The van der Waals surface area contributed by atoms with Gasteiger partial charge in [0.2, 0.25) is 0 Å². The van der Waals surface area contributed by atoms with Crippen molar-refractivity contribution in [1.29, 1.82) is 0 Å². The molecule has 1 heterocycles. The molecule has 1 aliphatic heterocycles. The molecule has 0 aromatic rings. The monoisotopic (exact) mass is 201 g/mol. The highest BCUT2D eigenvalue weighted by atomic mass is 16.7. The van der Waals surface area contributed by atoms with Gasteiger partial charge in [-0.25, -0.2) is 4.99 Å². The predicted octanol–water partition coefficient (Wildman–Crippen LogP) is 0.731. The van der Waals surface area contributed by atoms with Gasteiger partial charge < -0.3 is 14.2 Å². The fourth-order valence-corrected chi connectivity index (χ4v) is 1.13. The number of carbonyl (C=O) groups is 1. The number of nitrogens with zero attached hydrogens (tertiary/aromatic N) is 1. The molecule has 0 radical (unpaired) electrons. The Morgan fingerprint density at radius 3 is 3.14 bits per heavy atom. The number of aliphatic imine (C=N–C) groups is 1. The molecule has 0 unspecified atom stereocenters. The third-order valence-corrected chi connectivity index (χ3v) is 1.86. The average molecular weight is 201 g/mol. The van der Waals surface area contributed by atoms with Crippen molar-refractivity contribution in [3.63, 3.8) is 0 Å². The molecule has 80 valence electrons. The van der Waals surface area contributed by atoms with E-state index in [0.717, 1.165) is 0 Å². The lowest BCUT2D eigenvalue weighted by molar-refractivity contribution is -0.140. The van der Waals surface area contributed by atoms with E-state index in [1.54, 1.807) is 0 Å². The van der Waals surface area contributed by atoms with Crippen LogP contribution in [0.4, 0.5) is 0 Å². The first-order valence-corrected chi connectivity index (χ1v) is 4.66. The normalized spacial score (nSPS) is 19.9. The molecular formula is C9H15NO4. The van der Waals surface area contributed by atoms with Crippen LogP contribution in [0.15, 0.2) is 4.99 Å². The van der Waals surface area contributed by atoms with Crippen molar-refractivity contribution in [3.05, 3.63) is 0 Å². The summed E-state index contributed by atoms with van der Waals surface area (Å²) in [7, 11) is 1.38. The Morgan fingerprint density at radius 1 is 1.71 bits per heavy atom. The van der Waals surface area contributed by atoms with Gasteiger partial charge in [-0.3, -0.25) is 4.79 Å². The smallest absolute Gasteiger partial charge is 0.383 e. The van der Waals surface area contributed by atoms with Crippen LogP contribution >= 0.6 is 0 Å². The molecule has 0 aliphatic carbocycles. The van der Waals surface area contributed by atoms with Crippen molar-refractivity contribution < 1.29 is 19.0 Å². The van der Waals surface area contributed by atoms with Crippen LogP contribution in [0.5, 0.6) is 0 Å². The Bertz CT molecular complexity index is 227. The molecule has 0 aromatic carbocycles. The van der Waals surface area contributed by atoms with Crippen molar-refractivity contribution in [2.24, 2.45) is 4.99 Å². The first-order valence-electron chi connectivity index (χ1n) is 4.66. The maximum atomic E-state index is 10.8. The molecule has 1 aliphatic rings. The van der Waals surface area contributed by atoms with Gasteiger partial charge in [-0.1, -0.05) is 0 Å². The third kappa shape index (κ3) is 3.24. The molecule has 0 saturated carbocycles. The molecular weight excluding hydrogens is 186 g/mol. The van der Waals surface area contributed by atoms with E-state index in [1.807, 2.05) is 6.92 Å². The molecule has 0 aromatic heterocycles. The second-order valence-electron chi connectivity index (χ2n) is 2.91. The Kier molecular flexibility index (Phi) is 4.22. The Hall–Kier alpha value is -1.26. The fourth-order valence-electron chi connectivity index (χ4n) is 1.13. The maximum absolute atomic E-state index is 10.8. The summed E-state index contributed by atoms with van der Waals surface area (Å²) in [6, 6.07) is 0.0237. The minimum Gasteiger partial charge on any atom is -0.469 e. The van der Waals surface area contributed by atoms with E-state index in [4.69, 9.17) is 9.47 Å². The van der Waals surface area contributed by atoms with Gasteiger partial charge in [0.15, 0.2) is 0 Å². The minimum atomic E-state index is -0.218. The summed E-state index contributed by atoms with van der Waals surface area (Å²) in [5.41, 5.74) is 0. The zero-order chi connectivity index (χ0) is 10.4. The van der Waals surface area contributed by atoms with E-state index in [2.05, 4.69) is 9.73 Å². The van der Waals surface area contributed by atoms with Crippen molar-refractivity contribution in [3.8, 4) is 0 Å². The van der Waals surface area contributed by atoms with Gasteiger partial charge in [0.25, 0.3) is 0 Å². The first-order chi connectivity index (χ1) is 6.76. The molecule has 5 nitrogen and oxygen atoms in total. The molecule has 1 atom stereocenters. The summed E-state index contributed by atoms with van der Waals surface area (Å²) >= 11 is 0. The van der Waals surface area contributed by atoms with Crippen LogP contribution in [-0.2, 0) is 19.0 Å². The second-order valence-corrected chi connectivity index (χ2v) is 2.91. The van der Waals surface area contributed by atoms with E-state index in [1.165, 1.54) is 7.11 Å². The standard InChI is InChI=1S/C9H15NO4/c1-3-13-9-10-7(6-14-9)4-5-8(11)12-2/h7H,3-6H2,1-2H3/t7-/m0/s1. The highest BCUT2D eigenvalue weighted by molar-refractivity contribution is 5.70. The molecule has 0 fully saturated rings. The number of carbonyl (C=O) groups excluding carboxylic acids is 1. The second kappa shape index (κ2) is 5.47. The molecule has 1 rings (SSSR count). The first kappa shape index (κ1) is 10.8. The highest BCUT2D eigenvalue weighted by Gasteiger charge is 2.20. The Balaban J connectivity index is 2.24. The van der Waals surface area contributed by atoms with Crippen molar-refractivity contribution in [2.45, 2.75) is 25.8 Å². The summed E-state index contributed by atoms with van der Waals surface area (Å²) in [6.45, 7) is 2.91. The van der Waals surface area contributed by atoms with Crippen molar-refractivity contribution in [1.82, 2.24) is 0 Å². The SMILES string of the molecule is CCOC1=N[C@@H](CCC(=O)OC)CO1. The van der Waals surface area contributed by atoms with E-state index < -0.39 is 0 Å². The summed E-state index contributed by atoms with van der Waals surface area (Å²) in [6.07, 6.45) is 1.35. The van der Waals surface area contributed by atoms with E-state index in [-0.39, 0.29) is 12.0 Å².